The fourth-order valence-electron chi connectivity index (χ4n) is 11.1. The molecule has 0 radical (unpaired) electrons. The number of hydrogen-bond donors (Lipinski definition) is 8. The lowest BCUT2D eigenvalue weighted by Gasteiger charge is -2.57. The van der Waals surface area contributed by atoms with Crippen LogP contribution in [0.2, 0.25) is 0 Å². The predicted molar refractivity (Wildman–Crippen MR) is 209 cm³/mol. The maximum Gasteiger partial charge on any atom is 0.383 e. The molecule has 0 aromatic carbocycles. The monoisotopic (exact) mass is 814 g/mol. The van der Waals surface area contributed by atoms with Crippen molar-refractivity contribution in [3.63, 3.8) is 0 Å². The van der Waals surface area contributed by atoms with Gasteiger partial charge in [0.05, 0.1) is 0 Å². The molecule has 0 spiro atoms. The van der Waals surface area contributed by atoms with Gasteiger partial charge in [0, 0.05) is 50.8 Å². The van der Waals surface area contributed by atoms with Crippen LogP contribution in [0, 0.1) is 46.3 Å². The highest BCUT2D eigenvalue weighted by Crippen LogP contribution is 2.61. The number of rotatable bonds is 20. The van der Waals surface area contributed by atoms with Gasteiger partial charge in [-0.2, -0.15) is 0 Å². The SMILES string of the molecule is O.O.O.O.O.O=P(O)(O)SCCCNCCNCC12CC3CC(CC(C3)C1)C2.O=P(O)(O)SCCCNCCNCC12CC3CC(CC(C3)C1)C2. The van der Waals surface area contributed by atoms with Gasteiger partial charge >= 0.3 is 13.6 Å². The molecule has 308 valence electrons. The molecule has 18 N–H and O–H groups in total. The Bertz CT molecular complexity index is 908. The Balaban J connectivity index is 0.000000893. The first-order chi connectivity index (χ1) is 21.9. The summed E-state index contributed by atoms with van der Waals surface area (Å²) in [6.07, 6.45) is 19.4. The van der Waals surface area contributed by atoms with Crippen LogP contribution in [0.15, 0.2) is 0 Å². The van der Waals surface area contributed by atoms with Crippen molar-refractivity contribution in [1.29, 1.82) is 0 Å². The van der Waals surface area contributed by atoms with Gasteiger partial charge in [0.25, 0.3) is 0 Å². The van der Waals surface area contributed by atoms with Crippen LogP contribution < -0.4 is 21.3 Å². The minimum Gasteiger partial charge on any atom is -0.412 e. The average Bonchev–Trinajstić information content (AvgIpc) is 2.93. The first-order valence-electron chi connectivity index (χ1n) is 18.1. The van der Waals surface area contributed by atoms with E-state index in [2.05, 4.69) is 21.3 Å². The first-order valence-corrected chi connectivity index (χ1v) is 24.5. The summed E-state index contributed by atoms with van der Waals surface area (Å²) in [4.78, 5) is 35.0. The lowest BCUT2D eigenvalue weighted by molar-refractivity contribution is -0.0512. The third-order valence-corrected chi connectivity index (χ3v) is 16.5. The van der Waals surface area contributed by atoms with Crippen LogP contribution >= 0.6 is 36.4 Å². The van der Waals surface area contributed by atoms with Crippen molar-refractivity contribution in [3.05, 3.63) is 0 Å². The maximum atomic E-state index is 10.7. The Morgan fingerprint density at radius 3 is 0.961 bits per heavy atom. The first kappa shape index (κ1) is 51.6. The van der Waals surface area contributed by atoms with E-state index < -0.39 is 13.6 Å². The molecule has 0 saturated heterocycles. The number of nitrogens with one attached hydrogen (secondary N) is 4. The third-order valence-electron chi connectivity index (χ3n) is 11.8. The second kappa shape index (κ2) is 23.6. The van der Waals surface area contributed by atoms with E-state index in [4.69, 9.17) is 19.6 Å². The molecule has 0 aromatic heterocycles. The molecule has 0 aliphatic heterocycles. The average molecular weight is 815 g/mol. The predicted octanol–water partition coefficient (Wildman–Crippen LogP) is 1.07. The van der Waals surface area contributed by atoms with Gasteiger partial charge in [0.1, 0.15) is 0 Å². The molecule has 15 nitrogen and oxygen atoms in total. The molecule has 0 amide bonds. The van der Waals surface area contributed by atoms with E-state index in [9.17, 15) is 9.13 Å². The summed E-state index contributed by atoms with van der Waals surface area (Å²) in [7, 11) is 0. The quantitative estimate of drug-likeness (QED) is 0.0632. The van der Waals surface area contributed by atoms with Crippen LogP contribution in [-0.4, -0.2) is 111 Å². The van der Waals surface area contributed by atoms with Crippen molar-refractivity contribution < 1.29 is 56.1 Å². The third kappa shape index (κ3) is 17.5. The summed E-state index contributed by atoms with van der Waals surface area (Å²) >= 11 is 1.49. The molecule has 8 fully saturated rings. The van der Waals surface area contributed by atoms with E-state index >= 15 is 0 Å². The molecular formula is C32H72N4O11P2S2. The zero-order valence-corrected chi connectivity index (χ0v) is 33.7. The summed E-state index contributed by atoms with van der Waals surface area (Å²) in [5.74, 6) is 7.15. The van der Waals surface area contributed by atoms with E-state index in [0.717, 1.165) is 110 Å². The molecule has 0 atom stereocenters. The van der Waals surface area contributed by atoms with E-state index in [1.807, 2.05) is 0 Å². The largest absolute Gasteiger partial charge is 0.412 e. The van der Waals surface area contributed by atoms with Crippen molar-refractivity contribution in [2.45, 2.75) is 89.9 Å². The molecule has 0 aromatic rings. The van der Waals surface area contributed by atoms with E-state index in [1.165, 1.54) is 90.1 Å². The molecule has 51 heavy (non-hydrogen) atoms. The minimum atomic E-state index is -3.88. The van der Waals surface area contributed by atoms with E-state index in [-0.39, 0.29) is 27.4 Å². The summed E-state index contributed by atoms with van der Waals surface area (Å²) < 4.78 is 21.4. The van der Waals surface area contributed by atoms with Gasteiger partial charge in [-0.15, -0.1) is 0 Å². The standard InChI is InChI=1S/2C16H31N2O3PS.5H2O/c2*19-22(20,21)23-5-1-2-17-3-4-18-12-16-9-13-6-14(10-16)8-15(7-13)11-16;;;;;/h2*13-15,17-18H,1-12H2,(H2,19,20,21);5*1H2. The lowest BCUT2D eigenvalue weighted by atomic mass is 9.49. The minimum absolute atomic E-state index is 0. The summed E-state index contributed by atoms with van der Waals surface area (Å²) in [5.41, 5.74) is 1.21. The number of hydrogen-bond acceptors (Lipinski definition) is 8. The maximum absolute atomic E-state index is 10.7. The van der Waals surface area contributed by atoms with Crippen LogP contribution in [0.1, 0.15) is 89.9 Å². The van der Waals surface area contributed by atoms with Crippen molar-refractivity contribution in [2.24, 2.45) is 46.3 Å². The normalized spacial score (nSPS) is 32.3. The van der Waals surface area contributed by atoms with Gasteiger partial charge in [-0.25, -0.2) is 9.13 Å². The van der Waals surface area contributed by atoms with Crippen LogP contribution in [0.25, 0.3) is 0 Å². The smallest absolute Gasteiger partial charge is 0.383 e. The Kier molecular flexibility index (Phi) is 23.9. The molecule has 8 saturated carbocycles. The molecule has 0 unspecified atom stereocenters. The Morgan fingerprint density at radius 2 is 0.706 bits per heavy atom. The van der Waals surface area contributed by atoms with Gasteiger partial charge in [-0.05, 0) is 172 Å². The lowest BCUT2D eigenvalue weighted by Crippen LogP contribution is -2.50. The zero-order valence-electron chi connectivity index (χ0n) is 30.3. The van der Waals surface area contributed by atoms with Crippen molar-refractivity contribution in [1.82, 2.24) is 21.3 Å². The van der Waals surface area contributed by atoms with Gasteiger partial charge in [0.2, 0.25) is 0 Å². The molecule has 8 aliphatic rings. The van der Waals surface area contributed by atoms with Gasteiger partial charge in [0.15, 0.2) is 0 Å². The van der Waals surface area contributed by atoms with Crippen LogP contribution in [0.4, 0.5) is 0 Å². The van der Waals surface area contributed by atoms with E-state index in [0.29, 0.717) is 22.3 Å². The van der Waals surface area contributed by atoms with Gasteiger partial charge in [-0.3, -0.25) is 0 Å². The topological polar surface area (TPSA) is 321 Å². The highest BCUT2D eigenvalue weighted by atomic mass is 32.7. The summed E-state index contributed by atoms with van der Waals surface area (Å²) in [6.45, 7) is 0.119. The fourth-order valence-corrected chi connectivity index (χ4v) is 14.3. The molecular weight excluding hydrogens is 742 g/mol. The van der Waals surface area contributed by atoms with Gasteiger partial charge in [-0.1, -0.05) is 0 Å². The Hall–Kier alpha value is 0.640. The Labute approximate surface area is 312 Å². The second-order valence-corrected chi connectivity index (χ2v) is 23.7. The molecule has 8 aliphatic carbocycles. The molecule has 8 rings (SSSR count). The fraction of sp³-hybridized carbons (Fsp3) is 1.00. The van der Waals surface area contributed by atoms with Crippen LogP contribution in [0.3, 0.4) is 0 Å². The second-order valence-electron chi connectivity index (χ2n) is 16.0. The molecule has 19 heteroatoms. The molecule has 0 heterocycles. The zero-order chi connectivity index (χ0) is 32.7. The van der Waals surface area contributed by atoms with Gasteiger partial charge < -0.3 is 68.2 Å². The Morgan fingerprint density at radius 1 is 0.451 bits per heavy atom. The van der Waals surface area contributed by atoms with Crippen LogP contribution in [-0.2, 0) is 9.13 Å². The summed E-state index contributed by atoms with van der Waals surface area (Å²) in [6, 6.07) is 0. The highest BCUT2D eigenvalue weighted by Gasteiger charge is 2.51. The molecule has 8 bridgehead atoms. The van der Waals surface area contributed by atoms with Crippen molar-refractivity contribution >= 4 is 36.4 Å². The highest BCUT2D eigenvalue weighted by molar-refractivity contribution is 8.54. The van der Waals surface area contributed by atoms with E-state index in [1.54, 1.807) is 0 Å². The van der Waals surface area contributed by atoms with Crippen molar-refractivity contribution in [3.8, 4) is 0 Å². The summed E-state index contributed by atoms with van der Waals surface area (Å²) in [5, 5.41) is 14.0. The van der Waals surface area contributed by atoms with Crippen molar-refractivity contribution in [2.75, 3.05) is 63.9 Å². The van der Waals surface area contributed by atoms with Crippen LogP contribution in [0.5, 0.6) is 0 Å².